The van der Waals surface area contributed by atoms with Crippen molar-refractivity contribution in [1.82, 2.24) is 0 Å². The second-order valence-electron chi connectivity index (χ2n) is 1.48. The predicted octanol–water partition coefficient (Wildman–Crippen LogP) is -1.60. The van der Waals surface area contributed by atoms with Crippen molar-refractivity contribution in [2.45, 2.75) is 6.10 Å². The van der Waals surface area contributed by atoms with E-state index in [-0.39, 0.29) is 13.2 Å². The van der Waals surface area contributed by atoms with Crippen molar-refractivity contribution in [2.75, 3.05) is 13.2 Å². The first kappa shape index (κ1) is 8.19. The van der Waals surface area contributed by atoms with Crippen molar-refractivity contribution < 1.29 is 14.6 Å². The van der Waals surface area contributed by atoms with Crippen LogP contribution in [0.1, 0.15) is 0 Å². The Morgan fingerprint density at radius 2 is 2.33 bits per heavy atom. The smallest absolute Gasteiger partial charge is 0.404 e. The number of primary amides is 1. The van der Waals surface area contributed by atoms with Crippen LogP contribution < -0.4 is 11.5 Å². The summed E-state index contributed by atoms with van der Waals surface area (Å²) in [4.78, 5) is 9.96. The molecule has 5 N–H and O–H groups in total. The fraction of sp³-hybridized carbons (Fsp3) is 0.750. The molecule has 0 aliphatic rings. The molecule has 0 saturated heterocycles. The highest BCUT2D eigenvalue weighted by Crippen LogP contribution is 1.85. The zero-order chi connectivity index (χ0) is 7.28. The van der Waals surface area contributed by atoms with Crippen LogP contribution >= 0.6 is 0 Å². The zero-order valence-corrected chi connectivity index (χ0v) is 4.91. The van der Waals surface area contributed by atoms with E-state index in [1.54, 1.807) is 0 Å². The number of carbonyl (C=O) groups excluding carboxylic acids is 1. The Hall–Kier alpha value is -0.810. The lowest BCUT2D eigenvalue weighted by atomic mass is 10.4. The maximum absolute atomic E-state index is 9.96. The van der Waals surface area contributed by atoms with Gasteiger partial charge < -0.3 is 21.3 Å². The van der Waals surface area contributed by atoms with Crippen LogP contribution in [0, 0.1) is 0 Å². The zero-order valence-electron chi connectivity index (χ0n) is 4.91. The first-order valence-corrected chi connectivity index (χ1v) is 2.47. The number of hydrogen-bond donors (Lipinski definition) is 3. The molecule has 0 fully saturated rings. The number of aliphatic hydroxyl groups excluding tert-OH is 1. The van der Waals surface area contributed by atoms with Crippen molar-refractivity contribution in [3.05, 3.63) is 0 Å². The van der Waals surface area contributed by atoms with Crippen LogP contribution in [0.15, 0.2) is 0 Å². The van der Waals surface area contributed by atoms with Gasteiger partial charge in [-0.25, -0.2) is 4.79 Å². The van der Waals surface area contributed by atoms with Gasteiger partial charge in [0.05, 0.1) is 6.61 Å². The van der Waals surface area contributed by atoms with E-state index in [4.69, 9.17) is 10.8 Å². The summed E-state index contributed by atoms with van der Waals surface area (Å²) in [6.45, 7) is -0.209. The molecule has 0 rings (SSSR count). The molecule has 0 aliphatic carbocycles. The van der Waals surface area contributed by atoms with Gasteiger partial charge >= 0.3 is 6.09 Å². The number of aliphatic hydroxyl groups is 1. The molecule has 1 unspecified atom stereocenters. The summed E-state index contributed by atoms with van der Waals surface area (Å²) >= 11 is 0. The van der Waals surface area contributed by atoms with Crippen LogP contribution in [0.2, 0.25) is 0 Å². The monoisotopic (exact) mass is 134 g/mol. The van der Waals surface area contributed by atoms with Gasteiger partial charge in [-0.2, -0.15) is 0 Å². The quantitative estimate of drug-likeness (QED) is 0.433. The molecule has 0 aromatic rings. The van der Waals surface area contributed by atoms with Gasteiger partial charge in [-0.05, 0) is 0 Å². The number of rotatable bonds is 3. The number of ether oxygens (including phenoxy) is 1. The van der Waals surface area contributed by atoms with E-state index in [9.17, 15) is 4.79 Å². The van der Waals surface area contributed by atoms with Gasteiger partial charge in [-0.15, -0.1) is 0 Å². The summed E-state index contributed by atoms with van der Waals surface area (Å²) in [5.74, 6) is 0. The van der Waals surface area contributed by atoms with Crippen LogP contribution in [-0.4, -0.2) is 30.5 Å². The van der Waals surface area contributed by atoms with Crippen LogP contribution in [0.25, 0.3) is 0 Å². The Balaban J connectivity index is 3.43. The van der Waals surface area contributed by atoms with Crippen LogP contribution in [0.5, 0.6) is 0 Å². The molecule has 0 bridgehead atoms. The second-order valence-corrected chi connectivity index (χ2v) is 1.48. The maximum atomic E-state index is 9.96. The molecule has 9 heavy (non-hydrogen) atoms. The summed E-state index contributed by atoms with van der Waals surface area (Å²) in [6, 6.07) is 0. The lowest BCUT2D eigenvalue weighted by molar-refractivity contribution is 0.0686. The summed E-state index contributed by atoms with van der Waals surface area (Å²) in [5.41, 5.74) is 9.66. The minimum Gasteiger partial charge on any atom is -0.443 e. The molecular weight excluding hydrogens is 124 g/mol. The molecule has 0 saturated carbocycles. The number of hydrogen-bond acceptors (Lipinski definition) is 4. The third kappa shape index (κ3) is 3.75. The molecule has 0 radical (unpaired) electrons. The minimum absolute atomic E-state index is 0.0828. The van der Waals surface area contributed by atoms with Crippen molar-refractivity contribution in [1.29, 1.82) is 0 Å². The van der Waals surface area contributed by atoms with E-state index in [1.165, 1.54) is 0 Å². The van der Waals surface area contributed by atoms with Gasteiger partial charge in [0.1, 0.15) is 6.10 Å². The number of nitrogens with two attached hydrogens (primary N) is 2. The van der Waals surface area contributed by atoms with Gasteiger partial charge in [0.15, 0.2) is 0 Å². The standard InChI is InChI=1S/C4H10N2O3/c5-1-3(2-7)9-4(6)8/h3,7H,1-2,5H2,(H2,6,8). The molecule has 5 heteroatoms. The van der Waals surface area contributed by atoms with E-state index < -0.39 is 12.2 Å². The Morgan fingerprint density at radius 1 is 1.78 bits per heavy atom. The first-order chi connectivity index (χ1) is 4.20. The fourth-order valence-electron chi connectivity index (χ4n) is 0.324. The third-order valence-electron chi connectivity index (χ3n) is 0.749. The summed E-state index contributed by atoms with van der Waals surface area (Å²) in [5, 5.41) is 8.36. The molecule has 0 heterocycles. The highest BCUT2D eigenvalue weighted by molar-refractivity contribution is 5.64. The lowest BCUT2D eigenvalue weighted by Crippen LogP contribution is -2.32. The Labute approximate surface area is 52.6 Å². The molecule has 5 nitrogen and oxygen atoms in total. The average Bonchev–Trinajstić information content (AvgIpc) is 1.82. The normalized spacial score (nSPS) is 12.7. The molecule has 0 aromatic carbocycles. The topological polar surface area (TPSA) is 98.6 Å². The van der Waals surface area contributed by atoms with E-state index in [0.717, 1.165) is 0 Å². The molecule has 0 spiro atoms. The van der Waals surface area contributed by atoms with Gasteiger partial charge in [0.25, 0.3) is 0 Å². The molecular formula is C4H10N2O3. The second kappa shape index (κ2) is 4.11. The molecule has 0 aromatic heterocycles. The summed E-state index contributed by atoms with van der Waals surface area (Å²) in [6.07, 6.45) is -1.58. The van der Waals surface area contributed by atoms with Crippen LogP contribution in [0.3, 0.4) is 0 Å². The SMILES string of the molecule is NCC(CO)OC(N)=O. The average molecular weight is 134 g/mol. The van der Waals surface area contributed by atoms with Crippen molar-refractivity contribution >= 4 is 6.09 Å². The van der Waals surface area contributed by atoms with E-state index in [2.05, 4.69) is 10.5 Å². The number of amides is 1. The first-order valence-electron chi connectivity index (χ1n) is 2.47. The largest absolute Gasteiger partial charge is 0.443 e. The summed E-state index contributed by atoms with van der Waals surface area (Å²) in [7, 11) is 0. The number of carbonyl (C=O) groups is 1. The summed E-state index contributed by atoms with van der Waals surface area (Å²) < 4.78 is 4.31. The van der Waals surface area contributed by atoms with Crippen molar-refractivity contribution in [2.24, 2.45) is 11.5 Å². The fourth-order valence-corrected chi connectivity index (χ4v) is 0.324. The highest BCUT2D eigenvalue weighted by Gasteiger charge is 2.06. The highest BCUT2D eigenvalue weighted by atomic mass is 16.6. The van der Waals surface area contributed by atoms with Crippen LogP contribution in [-0.2, 0) is 4.74 Å². The Kier molecular flexibility index (Phi) is 3.74. The molecule has 1 atom stereocenters. The van der Waals surface area contributed by atoms with Crippen molar-refractivity contribution in [3.8, 4) is 0 Å². The van der Waals surface area contributed by atoms with E-state index >= 15 is 0 Å². The Bertz CT molecular complexity index is 91.8. The minimum atomic E-state index is -0.917. The van der Waals surface area contributed by atoms with Gasteiger partial charge in [0.2, 0.25) is 0 Å². The van der Waals surface area contributed by atoms with Crippen LogP contribution in [0.4, 0.5) is 4.79 Å². The Morgan fingerprint density at radius 3 is 2.44 bits per heavy atom. The van der Waals surface area contributed by atoms with E-state index in [1.807, 2.05) is 0 Å². The van der Waals surface area contributed by atoms with Gasteiger partial charge in [-0.1, -0.05) is 0 Å². The molecule has 1 amide bonds. The van der Waals surface area contributed by atoms with E-state index in [0.29, 0.717) is 0 Å². The van der Waals surface area contributed by atoms with Gasteiger partial charge in [-0.3, -0.25) is 0 Å². The third-order valence-corrected chi connectivity index (χ3v) is 0.749. The maximum Gasteiger partial charge on any atom is 0.404 e. The van der Waals surface area contributed by atoms with Crippen molar-refractivity contribution in [3.63, 3.8) is 0 Å². The predicted molar refractivity (Wildman–Crippen MR) is 30.6 cm³/mol. The molecule has 54 valence electrons. The lowest BCUT2D eigenvalue weighted by Gasteiger charge is -2.09. The molecule has 0 aliphatic heterocycles. The van der Waals surface area contributed by atoms with Gasteiger partial charge in [0, 0.05) is 6.54 Å².